The summed E-state index contributed by atoms with van der Waals surface area (Å²) in [5, 5.41) is 0. The predicted octanol–water partition coefficient (Wildman–Crippen LogP) is 16.1. The highest BCUT2D eigenvalue weighted by atomic mass is 16.6. The molecule has 0 aromatic heterocycles. The third-order valence-corrected chi connectivity index (χ3v) is 9.68. The number of ether oxygens (including phenoxy) is 3. The minimum absolute atomic E-state index is 0.121. The van der Waals surface area contributed by atoms with Gasteiger partial charge in [-0.15, -0.1) is 0 Å². The highest BCUT2D eigenvalue weighted by molar-refractivity contribution is 5.71. The summed E-state index contributed by atoms with van der Waals surface area (Å²) in [7, 11) is 0. The van der Waals surface area contributed by atoms with E-state index < -0.39 is 6.10 Å². The van der Waals surface area contributed by atoms with Crippen LogP contribution in [0, 0.1) is 0 Å². The van der Waals surface area contributed by atoms with Gasteiger partial charge in [-0.3, -0.25) is 14.4 Å². The molecule has 0 saturated carbocycles. The number of unbranched alkanes of at least 4 members (excludes halogenated alkanes) is 11. The van der Waals surface area contributed by atoms with E-state index in [2.05, 4.69) is 142 Å². The van der Waals surface area contributed by atoms with Gasteiger partial charge in [-0.1, -0.05) is 174 Å². The molecule has 6 nitrogen and oxygen atoms in total. The highest BCUT2D eigenvalue weighted by Crippen LogP contribution is 2.11. The Kier molecular flexibility index (Phi) is 46.1. The second kappa shape index (κ2) is 49.5. The first-order chi connectivity index (χ1) is 30.5. The molecule has 6 heteroatoms. The van der Waals surface area contributed by atoms with Crippen LogP contribution in [0.1, 0.15) is 194 Å². The van der Waals surface area contributed by atoms with E-state index >= 15 is 0 Å². The lowest BCUT2D eigenvalue weighted by atomic mass is 10.1. The second-order valence-electron chi connectivity index (χ2n) is 15.6. The van der Waals surface area contributed by atoms with Gasteiger partial charge in [0.25, 0.3) is 0 Å². The lowest BCUT2D eigenvalue weighted by Gasteiger charge is -2.18. The van der Waals surface area contributed by atoms with E-state index in [-0.39, 0.29) is 44.0 Å². The van der Waals surface area contributed by atoms with Gasteiger partial charge in [0.1, 0.15) is 13.2 Å². The fourth-order valence-electron chi connectivity index (χ4n) is 6.05. The number of carbonyl (C=O) groups is 3. The number of hydrogen-bond donors (Lipinski definition) is 0. The summed E-state index contributed by atoms with van der Waals surface area (Å²) < 4.78 is 16.7. The normalized spacial score (nSPS) is 13.1. The molecule has 348 valence electrons. The van der Waals surface area contributed by atoms with Crippen LogP contribution in [0.2, 0.25) is 0 Å². The quantitative estimate of drug-likeness (QED) is 0.0263. The van der Waals surface area contributed by atoms with Gasteiger partial charge in [0.05, 0.1) is 0 Å². The monoisotopic (exact) mass is 857 g/mol. The van der Waals surface area contributed by atoms with Crippen LogP contribution in [0.15, 0.2) is 122 Å². The third-order valence-electron chi connectivity index (χ3n) is 9.68. The maximum Gasteiger partial charge on any atom is 0.306 e. The smallest absolute Gasteiger partial charge is 0.306 e. The van der Waals surface area contributed by atoms with Crippen molar-refractivity contribution in [1.82, 2.24) is 0 Å². The molecule has 1 unspecified atom stereocenters. The first kappa shape index (κ1) is 57.8. The Morgan fingerprint density at radius 2 is 0.645 bits per heavy atom. The average Bonchev–Trinajstić information content (AvgIpc) is 3.27. The van der Waals surface area contributed by atoms with Crippen molar-refractivity contribution in [1.29, 1.82) is 0 Å². The van der Waals surface area contributed by atoms with Crippen LogP contribution in [0.3, 0.4) is 0 Å². The van der Waals surface area contributed by atoms with E-state index in [9.17, 15) is 14.4 Å². The van der Waals surface area contributed by atoms with E-state index in [0.29, 0.717) is 19.3 Å². The Labute approximate surface area is 380 Å². The van der Waals surface area contributed by atoms with Gasteiger partial charge in [-0.25, -0.2) is 0 Å². The zero-order chi connectivity index (χ0) is 45.1. The van der Waals surface area contributed by atoms with Crippen LogP contribution in [0.5, 0.6) is 0 Å². The van der Waals surface area contributed by atoms with Crippen molar-refractivity contribution in [3.8, 4) is 0 Å². The Hall–Kier alpha value is -4.19. The topological polar surface area (TPSA) is 78.9 Å². The molecule has 0 fully saturated rings. The number of carbonyl (C=O) groups excluding carboxylic acids is 3. The minimum atomic E-state index is -0.828. The Morgan fingerprint density at radius 1 is 0.339 bits per heavy atom. The number of hydrogen-bond acceptors (Lipinski definition) is 6. The molecule has 0 aliphatic heterocycles. The van der Waals surface area contributed by atoms with Crippen molar-refractivity contribution in [2.24, 2.45) is 0 Å². The van der Waals surface area contributed by atoms with Gasteiger partial charge in [0, 0.05) is 19.3 Å². The van der Waals surface area contributed by atoms with Crippen LogP contribution in [0.4, 0.5) is 0 Å². The molecule has 62 heavy (non-hydrogen) atoms. The largest absolute Gasteiger partial charge is 0.462 e. The molecule has 0 heterocycles. The molecule has 0 saturated heterocycles. The molecule has 0 amide bonds. The summed E-state index contributed by atoms with van der Waals surface area (Å²) in [5.41, 5.74) is 0. The maximum atomic E-state index is 12.8. The first-order valence-corrected chi connectivity index (χ1v) is 24.5. The molecule has 0 radical (unpaired) electrons. The Bertz CT molecular complexity index is 1350. The molecule has 0 N–H and O–H groups in total. The number of allylic oxidation sites excluding steroid dienone is 20. The van der Waals surface area contributed by atoms with Crippen molar-refractivity contribution in [3.63, 3.8) is 0 Å². The first-order valence-electron chi connectivity index (χ1n) is 24.5. The van der Waals surface area contributed by atoms with Crippen molar-refractivity contribution in [2.45, 2.75) is 200 Å². The lowest BCUT2D eigenvalue weighted by molar-refractivity contribution is -0.167. The Morgan fingerprint density at radius 3 is 1.10 bits per heavy atom. The van der Waals surface area contributed by atoms with E-state index in [0.717, 1.165) is 109 Å². The zero-order valence-electron chi connectivity index (χ0n) is 39.6. The number of esters is 3. The molecule has 0 bridgehead atoms. The van der Waals surface area contributed by atoms with Crippen LogP contribution in [-0.2, 0) is 28.6 Å². The minimum Gasteiger partial charge on any atom is -0.462 e. The summed E-state index contributed by atoms with van der Waals surface area (Å²) >= 11 is 0. The van der Waals surface area contributed by atoms with Gasteiger partial charge < -0.3 is 14.2 Å². The summed E-state index contributed by atoms with van der Waals surface area (Å²) in [5.74, 6) is -1.04. The molecule has 0 aromatic carbocycles. The summed E-state index contributed by atoms with van der Waals surface area (Å²) in [6.45, 7) is 6.26. The Balaban J connectivity index is 4.58. The van der Waals surface area contributed by atoms with Crippen LogP contribution in [-0.4, -0.2) is 37.2 Å². The fourth-order valence-corrected chi connectivity index (χ4v) is 6.05. The summed E-state index contributed by atoms with van der Waals surface area (Å²) in [6.07, 6.45) is 67.6. The average molecular weight is 857 g/mol. The standard InChI is InChI=1S/C56H88O6/c1-4-7-10-13-16-19-22-25-27-28-30-31-34-37-40-43-46-49-55(58)61-52-53(51-60-54(57)48-45-42-39-36-33-24-21-18-15-12-9-6-3)62-56(59)50-47-44-41-38-35-32-29-26-23-20-17-14-11-8-5-2/h7-8,10-11,16-21,25-27,29-31,35,37-38,40,53H,4-6,9,12-15,22-24,28,32-34,36,39,41-52H2,1-3H3/b10-7-,11-8-,19-16-,20-17-,21-18-,27-25-,29-26-,31-30-,38-35-,40-37-. The summed E-state index contributed by atoms with van der Waals surface area (Å²) in [4.78, 5) is 37.9. The van der Waals surface area contributed by atoms with Crippen LogP contribution in [0.25, 0.3) is 0 Å². The van der Waals surface area contributed by atoms with E-state index in [1.165, 1.54) is 32.1 Å². The SMILES string of the molecule is CC/C=C\C/C=C\C/C=C\C/C=C\C/C=C\CCCC(=O)OCC(COC(=O)CCCCCCC/C=C\CCCCC)OC(=O)CCCC/C=C\C/C=C\C/C=C\C/C=C\CC. The molecule has 0 aromatic rings. The van der Waals surface area contributed by atoms with Gasteiger partial charge in [0.2, 0.25) is 0 Å². The van der Waals surface area contributed by atoms with E-state index in [1.807, 2.05) is 0 Å². The third kappa shape index (κ3) is 46.9. The van der Waals surface area contributed by atoms with E-state index in [1.54, 1.807) is 0 Å². The van der Waals surface area contributed by atoms with Gasteiger partial charge in [-0.2, -0.15) is 0 Å². The molecule has 0 spiro atoms. The summed E-state index contributed by atoms with van der Waals surface area (Å²) in [6, 6.07) is 0. The van der Waals surface area contributed by atoms with Crippen molar-refractivity contribution < 1.29 is 28.6 Å². The molecule has 0 aliphatic rings. The van der Waals surface area contributed by atoms with E-state index in [4.69, 9.17) is 14.2 Å². The fraction of sp³-hybridized carbons (Fsp3) is 0.589. The second-order valence-corrected chi connectivity index (χ2v) is 15.6. The highest BCUT2D eigenvalue weighted by Gasteiger charge is 2.19. The van der Waals surface area contributed by atoms with Crippen LogP contribution < -0.4 is 0 Å². The molecule has 0 aliphatic carbocycles. The van der Waals surface area contributed by atoms with Crippen LogP contribution >= 0.6 is 0 Å². The predicted molar refractivity (Wildman–Crippen MR) is 265 cm³/mol. The zero-order valence-corrected chi connectivity index (χ0v) is 39.6. The van der Waals surface area contributed by atoms with Crippen molar-refractivity contribution in [2.75, 3.05) is 13.2 Å². The van der Waals surface area contributed by atoms with Crippen molar-refractivity contribution in [3.05, 3.63) is 122 Å². The molecular weight excluding hydrogens is 769 g/mol. The molecular formula is C56H88O6. The molecule has 0 rings (SSSR count). The van der Waals surface area contributed by atoms with Crippen molar-refractivity contribution >= 4 is 17.9 Å². The lowest BCUT2D eigenvalue weighted by Crippen LogP contribution is -2.30. The van der Waals surface area contributed by atoms with Gasteiger partial charge >= 0.3 is 17.9 Å². The van der Waals surface area contributed by atoms with Gasteiger partial charge in [0.15, 0.2) is 6.10 Å². The van der Waals surface area contributed by atoms with Gasteiger partial charge in [-0.05, 0) is 122 Å². The maximum absolute atomic E-state index is 12.8. The molecule has 1 atom stereocenters. The number of rotatable bonds is 42.